The monoisotopic (exact) mass is 610 g/mol. The number of nitrogens with zero attached hydrogens (tertiary/aromatic N) is 2. The summed E-state index contributed by atoms with van der Waals surface area (Å²) in [5, 5.41) is 4.17. The van der Waals surface area contributed by atoms with Gasteiger partial charge in [-0.1, -0.05) is 121 Å². The second-order valence-electron chi connectivity index (χ2n) is 12.8. The summed E-state index contributed by atoms with van der Waals surface area (Å²) in [6, 6.07) is 40.6. The molecular weight excluding hydrogens is 579 g/mol. The number of rotatable bonds is 3. The van der Waals surface area contributed by atoms with Crippen LogP contribution in [0.3, 0.4) is 0 Å². The largest absolute Gasteiger partial charge is 0.306 e. The molecule has 3 heterocycles. The molecule has 0 saturated heterocycles. The smallest absolute Gasteiger partial charge is 0.232 e. The van der Waals surface area contributed by atoms with Crippen LogP contribution in [0.15, 0.2) is 163 Å². The van der Waals surface area contributed by atoms with E-state index in [2.05, 4.69) is 143 Å². The topological polar surface area (TPSA) is 25.2 Å². The Labute approximate surface area is 268 Å². The van der Waals surface area contributed by atoms with Crippen molar-refractivity contribution in [3.05, 3.63) is 169 Å². The molecule has 220 valence electrons. The highest BCUT2D eigenvalue weighted by molar-refractivity contribution is 7.80. The van der Waals surface area contributed by atoms with Crippen LogP contribution in [-0.2, 0) is 4.57 Å². The number of hydrogen-bond donors (Lipinski definition) is 0. The lowest BCUT2D eigenvalue weighted by atomic mass is 9.82. The summed E-state index contributed by atoms with van der Waals surface area (Å²) >= 11 is 0. The molecule has 0 saturated carbocycles. The molecule has 2 aliphatic carbocycles. The maximum absolute atomic E-state index is 16.3. The van der Waals surface area contributed by atoms with Gasteiger partial charge in [0, 0.05) is 27.9 Å². The fourth-order valence-corrected chi connectivity index (χ4v) is 11.5. The molecule has 0 spiro atoms. The first-order valence-electron chi connectivity index (χ1n) is 16.2. The number of benzene rings is 5. The van der Waals surface area contributed by atoms with Crippen LogP contribution in [0.1, 0.15) is 17.9 Å². The summed E-state index contributed by atoms with van der Waals surface area (Å²) < 4.78 is 21.1. The van der Waals surface area contributed by atoms with E-state index in [4.69, 9.17) is 0 Å². The minimum Gasteiger partial charge on any atom is -0.306 e. The first-order valence-corrected chi connectivity index (χ1v) is 17.8. The quantitative estimate of drug-likeness (QED) is 0.187. The normalized spacial score (nSPS) is 23.8. The van der Waals surface area contributed by atoms with E-state index in [1.165, 1.54) is 33.0 Å². The molecule has 0 N–H and O–H groups in total. The molecule has 6 aromatic rings. The Morgan fingerprint density at radius 2 is 1.52 bits per heavy atom. The van der Waals surface area contributed by atoms with Crippen LogP contribution >= 0.6 is 7.29 Å². The fourth-order valence-electron chi connectivity index (χ4n) is 8.35. The molecular formula is C42H31N2OP. The van der Waals surface area contributed by atoms with Crippen molar-refractivity contribution in [3.8, 4) is 16.8 Å². The van der Waals surface area contributed by atoms with E-state index in [0.29, 0.717) is 5.92 Å². The Kier molecular flexibility index (Phi) is 5.51. The predicted molar refractivity (Wildman–Crippen MR) is 192 cm³/mol. The van der Waals surface area contributed by atoms with E-state index >= 15 is 4.57 Å². The third-order valence-corrected chi connectivity index (χ3v) is 13.5. The zero-order chi connectivity index (χ0) is 30.4. The molecule has 4 unspecified atom stereocenters. The highest BCUT2D eigenvalue weighted by Crippen LogP contribution is 2.64. The van der Waals surface area contributed by atoms with Gasteiger partial charge >= 0.3 is 0 Å². The average Bonchev–Trinajstić information content (AvgIpc) is 3.61. The highest BCUT2D eigenvalue weighted by Gasteiger charge is 2.51. The lowest BCUT2D eigenvalue weighted by molar-refractivity contribution is 0.580. The number of aromatic nitrogens is 1. The molecule has 4 aliphatic rings. The molecule has 46 heavy (non-hydrogen) atoms. The van der Waals surface area contributed by atoms with Crippen LogP contribution in [-0.4, -0.2) is 10.6 Å². The third kappa shape index (κ3) is 3.47. The van der Waals surface area contributed by atoms with Gasteiger partial charge in [0.15, 0.2) is 0 Å². The Balaban J connectivity index is 1.32. The van der Waals surface area contributed by atoms with Crippen LogP contribution in [0.4, 0.5) is 5.69 Å². The van der Waals surface area contributed by atoms with Gasteiger partial charge in [-0.15, -0.1) is 0 Å². The average molecular weight is 611 g/mol. The Hall–Kier alpha value is -5.11. The summed E-state index contributed by atoms with van der Waals surface area (Å²) in [5.41, 5.74) is 9.39. The van der Waals surface area contributed by atoms with Gasteiger partial charge in [0.1, 0.15) is 0 Å². The van der Waals surface area contributed by atoms with Crippen molar-refractivity contribution >= 4 is 45.4 Å². The molecule has 0 bridgehead atoms. The highest BCUT2D eigenvalue weighted by atomic mass is 31.2. The van der Waals surface area contributed by atoms with Gasteiger partial charge in [0.25, 0.3) is 0 Å². The first kappa shape index (κ1) is 26.1. The van der Waals surface area contributed by atoms with Gasteiger partial charge < -0.3 is 9.24 Å². The second kappa shape index (κ2) is 9.69. The van der Waals surface area contributed by atoms with Crippen molar-refractivity contribution in [1.29, 1.82) is 0 Å². The number of fused-ring (bicyclic) bond motifs is 8. The maximum Gasteiger partial charge on any atom is 0.232 e. The van der Waals surface area contributed by atoms with E-state index < -0.39 is 7.29 Å². The molecule has 0 radical (unpaired) electrons. The van der Waals surface area contributed by atoms with Crippen LogP contribution in [0, 0.1) is 5.92 Å². The van der Waals surface area contributed by atoms with Crippen LogP contribution in [0.2, 0.25) is 0 Å². The van der Waals surface area contributed by atoms with Gasteiger partial charge in [-0.3, -0.25) is 4.57 Å². The molecule has 4 heteroatoms. The van der Waals surface area contributed by atoms with Crippen LogP contribution in [0.5, 0.6) is 0 Å². The van der Waals surface area contributed by atoms with Crippen LogP contribution in [0.25, 0.3) is 38.6 Å². The van der Waals surface area contributed by atoms with Crippen molar-refractivity contribution in [1.82, 2.24) is 4.57 Å². The Morgan fingerprint density at radius 3 is 2.35 bits per heavy atom. The SMILES string of the molecule is O=P1(c2ccccc2)c2ccccc2-n2c3ccc(-c4ccccc4)cc3c3ccc4c(c32)N1C1C=CC(C2C=CC=CC2)=CC41. The Bertz CT molecular complexity index is 2400. The van der Waals surface area contributed by atoms with Crippen molar-refractivity contribution in [2.45, 2.75) is 18.4 Å². The Morgan fingerprint density at radius 1 is 0.717 bits per heavy atom. The third-order valence-electron chi connectivity index (χ3n) is 10.4. The number of hydrogen-bond acceptors (Lipinski definition) is 1. The molecule has 0 fully saturated rings. The van der Waals surface area contributed by atoms with Crippen molar-refractivity contribution < 1.29 is 4.57 Å². The van der Waals surface area contributed by atoms with Crippen LogP contribution < -0.4 is 15.3 Å². The van der Waals surface area contributed by atoms with Gasteiger partial charge in [0.2, 0.25) is 7.29 Å². The predicted octanol–water partition coefficient (Wildman–Crippen LogP) is 9.59. The van der Waals surface area contributed by atoms with E-state index in [1.54, 1.807) is 0 Å². The van der Waals surface area contributed by atoms with Gasteiger partial charge in [0.05, 0.1) is 33.8 Å². The molecule has 4 atom stereocenters. The zero-order valence-corrected chi connectivity index (χ0v) is 26.1. The lowest BCUT2D eigenvalue weighted by Crippen LogP contribution is -2.38. The molecule has 5 aromatic carbocycles. The van der Waals surface area contributed by atoms with E-state index in [1.807, 2.05) is 24.3 Å². The zero-order valence-electron chi connectivity index (χ0n) is 25.2. The summed E-state index contributed by atoms with van der Waals surface area (Å²) in [6.07, 6.45) is 17.0. The number of anilines is 1. The van der Waals surface area contributed by atoms with Gasteiger partial charge in [-0.25, -0.2) is 0 Å². The van der Waals surface area contributed by atoms with E-state index in [-0.39, 0.29) is 12.0 Å². The summed E-state index contributed by atoms with van der Waals surface area (Å²) in [5.74, 6) is 0.466. The molecule has 10 rings (SSSR count). The summed E-state index contributed by atoms with van der Waals surface area (Å²) in [7, 11) is -3.34. The fraction of sp³-hybridized carbons (Fsp3) is 0.0952. The maximum atomic E-state index is 16.3. The standard InChI is InChI=1S/C42H31N2OP/c45-46(32-16-8-3-9-17-32)40-19-11-10-18-39(40)43-37-24-20-30(28-12-4-1-5-13-28)26-35(37)33-22-23-34-36-27-31(29-14-6-2-7-15-29)21-25-38(36)44(46)42(34)41(33)43/h1-14,16-27,29,36,38H,15H2. The molecule has 3 nitrogen and oxygen atoms in total. The van der Waals surface area contributed by atoms with Crippen molar-refractivity contribution in [2.75, 3.05) is 4.67 Å². The second-order valence-corrected chi connectivity index (χ2v) is 15.4. The summed E-state index contributed by atoms with van der Waals surface area (Å²) in [6.45, 7) is 0. The number of para-hydroxylation sites is 1. The van der Waals surface area contributed by atoms with Crippen molar-refractivity contribution in [2.24, 2.45) is 5.92 Å². The van der Waals surface area contributed by atoms with Gasteiger partial charge in [-0.2, -0.15) is 0 Å². The number of allylic oxidation sites excluding steroid dienone is 6. The first-order chi connectivity index (χ1) is 22.7. The molecule has 1 aromatic heterocycles. The minimum absolute atomic E-state index is 0.0593. The minimum atomic E-state index is -3.34. The van der Waals surface area contributed by atoms with E-state index in [0.717, 1.165) is 39.4 Å². The lowest BCUT2D eigenvalue weighted by Gasteiger charge is -2.37. The van der Waals surface area contributed by atoms with E-state index in [9.17, 15) is 0 Å². The molecule has 2 aliphatic heterocycles. The summed E-state index contributed by atoms with van der Waals surface area (Å²) in [4.78, 5) is 0. The van der Waals surface area contributed by atoms with Gasteiger partial charge in [-0.05, 0) is 65.1 Å². The van der Waals surface area contributed by atoms with Crippen molar-refractivity contribution in [3.63, 3.8) is 0 Å². The molecule has 0 amide bonds.